The zero-order valence-electron chi connectivity index (χ0n) is 11.6. The first-order chi connectivity index (χ1) is 11.0. The predicted octanol–water partition coefficient (Wildman–Crippen LogP) is 1.69. The van der Waals surface area contributed by atoms with Gasteiger partial charge in [-0.3, -0.25) is 19.2 Å². The molecule has 0 amide bonds. The third kappa shape index (κ3) is 1.72. The molecular formula is C18H7ClO4. The number of hydrogen-bond acceptors (Lipinski definition) is 4. The predicted molar refractivity (Wildman–Crippen MR) is 89.2 cm³/mol. The minimum atomic E-state index is -0.634. The van der Waals surface area contributed by atoms with Crippen molar-refractivity contribution in [2.45, 2.75) is 0 Å². The maximum absolute atomic E-state index is 12.7. The fourth-order valence-electron chi connectivity index (χ4n) is 2.98. The molecular weight excluding hydrogens is 316 g/mol. The van der Waals surface area contributed by atoms with E-state index in [4.69, 9.17) is 11.6 Å². The van der Waals surface area contributed by atoms with Crippen LogP contribution in [0.15, 0.2) is 61.6 Å². The van der Waals surface area contributed by atoms with Gasteiger partial charge in [-0.2, -0.15) is 0 Å². The van der Waals surface area contributed by atoms with Crippen LogP contribution in [0.5, 0.6) is 0 Å². The van der Waals surface area contributed by atoms with Gasteiger partial charge in [0, 0.05) is 26.6 Å². The van der Waals surface area contributed by atoms with E-state index < -0.39 is 21.7 Å². The van der Waals surface area contributed by atoms with Gasteiger partial charge in [0.05, 0.1) is 10.4 Å². The Morgan fingerprint density at radius 3 is 1.52 bits per heavy atom. The van der Waals surface area contributed by atoms with Crippen molar-refractivity contribution < 1.29 is 0 Å². The summed E-state index contributed by atoms with van der Waals surface area (Å²) in [5.41, 5.74) is -2.43. The highest BCUT2D eigenvalue weighted by Gasteiger charge is 2.16. The molecule has 0 saturated heterocycles. The molecule has 0 N–H and O–H groups in total. The maximum Gasteiger partial charge on any atom is 0.198 e. The third-order valence-corrected chi connectivity index (χ3v) is 4.28. The van der Waals surface area contributed by atoms with Gasteiger partial charge < -0.3 is 0 Å². The largest absolute Gasteiger partial charge is 0.288 e. The average Bonchev–Trinajstić information content (AvgIpc) is 2.56. The van der Waals surface area contributed by atoms with Gasteiger partial charge in [0.25, 0.3) is 0 Å². The number of halogens is 1. The molecule has 2 aliphatic carbocycles. The summed E-state index contributed by atoms with van der Waals surface area (Å²) in [6, 6.07) is 10.4. The minimum Gasteiger partial charge on any atom is -0.288 e. The van der Waals surface area contributed by atoms with Gasteiger partial charge in [-0.05, 0) is 18.2 Å². The molecule has 2 aliphatic rings. The van der Waals surface area contributed by atoms with Crippen LogP contribution in [0.3, 0.4) is 0 Å². The van der Waals surface area contributed by atoms with E-state index in [2.05, 4.69) is 0 Å². The van der Waals surface area contributed by atoms with Crippen LogP contribution in [0.2, 0.25) is 5.02 Å². The molecule has 0 radical (unpaired) electrons. The molecule has 4 rings (SSSR count). The van der Waals surface area contributed by atoms with E-state index in [-0.39, 0.29) is 37.0 Å². The monoisotopic (exact) mass is 322 g/mol. The summed E-state index contributed by atoms with van der Waals surface area (Å²) in [7, 11) is 0. The molecule has 23 heavy (non-hydrogen) atoms. The standard InChI is InChI=1S/C18H7ClO4/c19-8-5-6-11-12(7-8)18(23)14-13(17(11)22)15(20)9-3-1-2-4-10(9)16(14)21/h1-7H. The average molecular weight is 323 g/mol. The summed E-state index contributed by atoms with van der Waals surface area (Å²) in [6.45, 7) is 0. The number of fused-ring (bicyclic) bond motifs is 2. The summed E-state index contributed by atoms with van der Waals surface area (Å²) >= 11 is 5.88. The number of rotatable bonds is 0. The first-order valence-electron chi connectivity index (χ1n) is 6.82. The van der Waals surface area contributed by atoms with Crippen LogP contribution in [0, 0.1) is 10.4 Å². The molecule has 2 aromatic carbocycles. The van der Waals surface area contributed by atoms with Crippen molar-refractivity contribution in [2.24, 2.45) is 0 Å². The number of hydrogen-bond donors (Lipinski definition) is 0. The molecule has 0 saturated carbocycles. The quantitative estimate of drug-likeness (QED) is 0.494. The van der Waals surface area contributed by atoms with Gasteiger partial charge in [0.15, 0.2) is 21.7 Å². The highest BCUT2D eigenvalue weighted by Crippen LogP contribution is 2.14. The van der Waals surface area contributed by atoms with E-state index in [1.54, 1.807) is 12.1 Å². The Labute approximate surface area is 132 Å². The Bertz CT molecular complexity index is 1400. The van der Waals surface area contributed by atoms with E-state index in [9.17, 15) is 19.2 Å². The van der Waals surface area contributed by atoms with Crippen molar-refractivity contribution in [3.8, 4) is 0 Å². The Kier molecular flexibility index (Phi) is 2.74. The first kappa shape index (κ1) is 13.8. The van der Waals surface area contributed by atoms with Crippen LogP contribution in [0.25, 0.3) is 21.5 Å². The lowest BCUT2D eigenvalue weighted by atomic mass is 10.0. The van der Waals surface area contributed by atoms with Gasteiger partial charge in [0.2, 0.25) is 0 Å². The second-order valence-electron chi connectivity index (χ2n) is 5.30. The summed E-state index contributed by atoms with van der Waals surface area (Å²) in [6.07, 6.45) is 0. The third-order valence-electron chi connectivity index (χ3n) is 4.05. The number of benzene rings is 2. The van der Waals surface area contributed by atoms with Gasteiger partial charge >= 0.3 is 0 Å². The van der Waals surface area contributed by atoms with Crippen molar-refractivity contribution in [3.63, 3.8) is 0 Å². The molecule has 0 aliphatic heterocycles. The van der Waals surface area contributed by atoms with Gasteiger partial charge in [-0.25, -0.2) is 0 Å². The van der Waals surface area contributed by atoms with Crippen LogP contribution >= 0.6 is 11.6 Å². The molecule has 2 aromatic rings. The van der Waals surface area contributed by atoms with Gasteiger partial charge in [-0.1, -0.05) is 35.9 Å². The molecule has 0 heterocycles. The van der Waals surface area contributed by atoms with E-state index in [0.29, 0.717) is 0 Å². The van der Waals surface area contributed by atoms with Crippen molar-refractivity contribution in [1.29, 1.82) is 0 Å². The lowest BCUT2D eigenvalue weighted by molar-refractivity contribution is 1.35. The second kappa shape index (κ2) is 4.57. The Morgan fingerprint density at radius 2 is 1.00 bits per heavy atom. The summed E-state index contributed by atoms with van der Waals surface area (Å²) < 4.78 is 0. The van der Waals surface area contributed by atoms with Crippen LogP contribution in [0.4, 0.5) is 0 Å². The summed E-state index contributed by atoms with van der Waals surface area (Å²) in [4.78, 5) is 50.6. The zero-order valence-corrected chi connectivity index (χ0v) is 12.3. The van der Waals surface area contributed by atoms with Crippen molar-refractivity contribution >= 4 is 33.1 Å². The molecule has 0 aromatic heterocycles. The highest BCUT2D eigenvalue weighted by molar-refractivity contribution is 6.31. The smallest absolute Gasteiger partial charge is 0.198 e. The summed E-state index contributed by atoms with van der Waals surface area (Å²) in [5, 5.41) is 0.0316. The molecule has 5 heteroatoms. The molecule has 4 nitrogen and oxygen atoms in total. The minimum absolute atomic E-state index is 0.0572. The SMILES string of the molecule is O=c1c2c(=O)c3ccc(Cl)cc3c(=O)c=2c(=O)c2ccccc12. The molecule has 0 unspecified atom stereocenters. The van der Waals surface area contributed by atoms with E-state index in [1.807, 2.05) is 0 Å². The first-order valence-corrected chi connectivity index (χ1v) is 7.20. The molecule has 0 atom stereocenters. The van der Waals surface area contributed by atoms with Crippen molar-refractivity contribution in [3.05, 3.63) is 98.8 Å². The summed E-state index contributed by atoms with van der Waals surface area (Å²) in [5.74, 6) is 0. The molecule has 0 fully saturated rings. The topological polar surface area (TPSA) is 68.3 Å². The Hall–Kier alpha value is -2.85. The lowest BCUT2D eigenvalue weighted by Crippen LogP contribution is -2.29. The molecule has 110 valence electrons. The molecule has 0 bridgehead atoms. The lowest BCUT2D eigenvalue weighted by Gasteiger charge is -2.00. The second-order valence-corrected chi connectivity index (χ2v) is 5.74. The zero-order chi connectivity index (χ0) is 16.3. The normalized spacial score (nSPS) is 11.5. The van der Waals surface area contributed by atoms with Crippen LogP contribution in [0.1, 0.15) is 0 Å². The van der Waals surface area contributed by atoms with Crippen LogP contribution in [-0.4, -0.2) is 0 Å². The Balaban J connectivity index is 2.59. The van der Waals surface area contributed by atoms with E-state index in [1.165, 1.54) is 30.3 Å². The van der Waals surface area contributed by atoms with Gasteiger partial charge in [0.1, 0.15) is 0 Å². The Morgan fingerprint density at radius 1 is 0.565 bits per heavy atom. The van der Waals surface area contributed by atoms with Crippen LogP contribution in [-0.2, 0) is 0 Å². The van der Waals surface area contributed by atoms with Crippen molar-refractivity contribution in [2.75, 3.05) is 0 Å². The van der Waals surface area contributed by atoms with Gasteiger partial charge in [-0.15, -0.1) is 0 Å². The van der Waals surface area contributed by atoms with Crippen molar-refractivity contribution in [1.82, 2.24) is 0 Å². The molecule has 0 spiro atoms. The fraction of sp³-hybridized carbons (Fsp3) is 0. The van der Waals surface area contributed by atoms with E-state index >= 15 is 0 Å². The highest BCUT2D eigenvalue weighted by atomic mass is 35.5. The van der Waals surface area contributed by atoms with Crippen LogP contribution < -0.4 is 21.7 Å². The van der Waals surface area contributed by atoms with E-state index in [0.717, 1.165) is 0 Å². The fourth-order valence-corrected chi connectivity index (χ4v) is 3.15. The maximum atomic E-state index is 12.7.